The van der Waals surface area contributed by atoms with E-state index in [1.807, 2.05) is 12.1 Å². The van der Waals surface area contributed by atoms with Gasteiger partial charge in [0.15, 0.2) is 6.61 Å². The highest BCUT2D eigenvalue weighted by Gasteiger charge is 2.28. The maximum absolute atomic E-state index is 11.9. The van der Waals surface area contributed by atoms with Crippen LogP contribution in [0.3, 0.4) is 0 Å². The number of anilines is 1. The van der Waals surface area contributed by atoms with E-state index in [1.54, 1.807) is 12.1 Å². The molecule has 1 aliphatic rings. The summed E-state index contributed by atoms with van der Waals surface area (Å²) in [5.74, 6) is -0.198. The van der Waals surface area contributed by atoms with Gasteiger partial charge in [0.25, 0.3) is 5.91 Å². The van der Waals surface area contributed by atoms with Crippen molar-refractivity contribution < 1.29 is 14.3 Å². The number of amides is 1. The Hall–Kier alpha value is -1.36. The summed E-state index contributed by atoms with van der Waals surface area (Å²) in [6, 6.07) is 7.25. The second kappa shape index (κ2) is 7.95. The molecule has 1 amide bonds. The van der Waals surface area contributed by atoms with Gasteiger partial charge in [0.2, 0.25) is 0 Å². The van der Waals surface area contributed by atoms with Crippen molar-refractivity contribution >= 4 is 33.5 Å². The first-order valence-corrected chi connectivity index (χ1v) is 8.84. The van der Waals surface area contributed by atoms with Gasteiger partial charge in [-0.1, -0.05) is 29.8 Å². The number of carbonyl (C=O) groups excluding carboxylic acids is 2. The standard InChI is InChI=1S/C18H24BrNO3/c1-18(2)9-7-13(8-10-18)11-17(22)23-12-16(21)20-15-5-3-14(19)4-6-15/h3-6,13H,7-12H2,1-2H3,(H,20,21). The molecule has 1 fully saturated rings. The molecule has 0 unspecified atom stereocenters. The van der Waals surface area contributed by atoms with Gasteiger partial charge in [0.05, 0.1) is 0 Å². The minimum absolute atomic E-state index is 0.229. The molecule has 23 heavy (non-hydrogen) atoms. The van der Waals surface area contributed by atoms with E-state index >= 15 is 0 Å². The Labute approximate surface area is 146 Å². The van der Waals surface area contributed by atoms with Crippen molar-refractivity contribution in [2.24, 2.45) is 11.3 Å². The highest BCUT2D eigenvalue weighted by atomic mass is 79.9. The van der Waals surface area contributed by atoms with Crippen molar-refractivity contribution in [1.29, 1.82) is 0 Å². The van der Waals surface area contributed by atoms with E-state index < -0.39 is 0 Å². The Bertz CT molecular complexity index is 544. The molecule has 1 saturated carbocycles. The van der Waals surface area contributed by atoms with Crippen LogP contribution in [0.4, 0.5) is 5.69 Å². The Morgan fingerprint density at radius 2 is 1.83 bits per heavy atom. The highest BCUT2D eigenvalue weighted by molar-refractivity contribution is 9.10. The van der Waals surface area contributed by atoms with E-state index in [0.29, 0.717) is 23.4 Å². The zero-order chi connectivity index (χ0) is 16.9. The fourth-order valence-electron chi connectivity index (χ4n) is 2.83. The van der Waals surface area contributed by atoms with Gasteiger partial charge < -0.3 is 10.1 Å². The molecule has 1 aromatic rings. The summed E-state index contributed by atoms with van der Waals surface area (Å²) in [4.78, 5) is 23.6. The number of carbonyl (C=O) groups is 2. The Morgan fingerprint density at radius 1 is 1.22 bits per heavy atom. The average molecular weight is 382 g/mol. The largest absolute Gasteiger partial charge is 0.456 e. The maximum Gasteiger partial charge on any atom is 0.306 e. The van der Waals surface area contributed by atoms with Crippen LogP contribution in [0.15, 0.2) is 28.7 Å². The van der Waals surface area contributed by atoms with Crippen molar-refractivity contribution in [3.63, 3.8) is 0 Å². The van der Waals surface area contributed by atoms with Crippen LogP contribution in [0.5, 0.6) is 0 Å². The van der Waals surface area contributed by atoms with E-state index in [1.165, 1.54) is 0 Å². The predicted octanol–water partition coefficient (Wildman–Crippen LogP) is 4.54. The number of ether oxygens (including phenoxy) is 1. The fourth-order valence-corrected chi connectivity index (χ4v) is 3.10. The molecule has 1 aliphatic carbocycles. The van der Waals surface area contributed by atoms with Crippen molar-refractivity contribution in [2.75, 3.05) is 11.9 Å². The molecule has 0 aliphatic heterocycles. The van der Waals surface area contributed by atoms with E-state index in [-0.39, 0.29) is 18.5 Å². The molecular formula is C18H24BrNO3. The first kappa shape index (κ1) is 18.0. The lowest BCUT2D eigenvalue weighted by Gasteiger charge is -2.33. The zero-order valence-corrected chi connectivity index (χ0v) is 15.3. The van der Waals surface area contributed by atoms with Gasteiger partial charge in [-0.15, -0.1) is 0 Å². The average Bonchev–Trinajstić information content (AvgIpc) is 2.50. The minimum atomic E-state index is -0.314. The van der Waals surface area contributed by atoms with Gasteiger partial charge in [0.1, 0.15) is 0 Å². The summed E-state index contributed by atoms with van der Waals surface area (Å²) < 4.78 is 6.04. The lowest BCUT2D eigenvalue weighted by molar-refractivity contribution is -0.148. The zero-order valence-electron chi connectivity index (χ0n) is 13.7. The van der Waals surface area contributed by atoms with Crippen molar-refractivity contribution in [1.82, 2.24) is 0 Å². The van der Waals surface area contributed by atoms with E-state index in [9.17, 15) is 9.59 Å². The van der Waals surface area contributed by atoms with E-state index in [0.717, 1.165) is 30.2 Å². The summed E-state index contributed by atoms with van der Waals surface area (Å²) in [5.41, 5.74) is 1.08. The molecule has 1 aromatic carbocycles. The number of nitrogens with one attached hydrogen (secondary N) is 1. The fraction of sp³-hybridized carbons (Fsp3) is 0.556. The third-order valence-electron chi connectivity index (χ3n) is 4.41. The molecule has 0 radical (unpaired) electrons. The number of benzene rings is 1. The van der Waals surface area contributed by atoms with Crippen LogP contribution in [0.2, 0.25) is 0 Å². The molecule has 0 heterocycles. The quantitative estimate of drug-likeness (QED) is 0.761. The SMILES string of the molecule is CC1(C)CCC(CC(=O)OCC(=O)Nc2ccc(Br)cc2)CC1. The van der Waals surface area contributed by atoms with Gasteiger partial charge in [-0.2, -0.15) is 0 Å². The van der Waals surface area contributed by atoms with Gasteiger partial charge >= 0.3 is 5.97 Å². The number of rotatable bonds is 5. The van der Waals surface area contributed by atoms with Crippen LogP contribution in [0, 0.1) is 11.3 Å². The molecule has 0 atom stereocenters. The Kier molecular flexibility index (Phi) is 6.22. The molecular weight excluding hydrogens is 358 g/mol. The second-order valence-electron chi connectivity index (χ2n) is 7.03. The molecule has 0 saturated heterocycles. The van der Waals surface area contributed by atoms with Gasteiger partial charge in [-0.25, -0.2) is 0 Å². The molecule has 1 N–H and O–H groups in total. The summed E-state index contributed by atoms with van der Waals surface area (Å²) in [6.45, 7) is 4.31. The predicted molar refractivity (Wildman–Crippen MR) is 94.1 cm³/mol. The second-order valence-corrected chi connectivity index (χ2v) is 7.94. The lowest BCUT2D eigenvalue weighted by atomic mass is 9.72. The first-order chi connectivity index (χ1) is 10.8. The topological polar surface area (TPSA) is 55.4 Å². The molecule has 126 valence electrons. The van der Waals surface area contributed by atoms with Crippen molar-refractivity contribution in [3.8, 4) is 0 Å². The maximum atomic E-state index is 11.9. The molecule has 0 bridgehead atoms. The smallest absolute Gasteiger partial charge is 0.306 e. The molecule has 0 aromatic heterocycles. The van der Waals surface area contributed by atoms with Crippen molar-refractivity contribution in [3.05, 3.63) is 28.7 Å². The van der Waals surface area contributed by atoms with Crippen LogP contribution >= 0.6 is 15.9 Å². The van der Waals surface area contributed by atoms with E-state index in [2.05, 4.69) is 35.1 Å². The highest BCUT2D eigenvalue weighted by Crippen LogP contribution is 2.39. The van der Waals surface area contributed by atoms with Crippen LogP contribution in [0.25, 0.3) is 0 Å². The summed E-state index contributed by atoms with van der Waals surface area (Å²) in [7, 11) is 0. The van der Waals surface area contributed by atoms with Crippen LogP contribution in [-0.2, 0) is 14.3 Å². The van der Waals surface area contributed by atoms with Crippen molar-refractivity contribution in [2.45, 2.75) is 46.0 Å². The van der Waals surface area contributed by atoms with Crippen LogP contribution < -0.4 is 5.32 Å². The third-order valence-corrected chi connectivity index (χ3v) is 4.93. The molecule has 4 nitrogen and oxygen atoms in total. The summed E-state index contributed by atoms with van der Waals surface area (Å²) in [6.07, 6.45) is 4.84. The summed E-state index contributed by atoms with van der Waals surface area (Å²) in [5, 5.41) is 2.70. The van der Waals surface area contributed by atoms with E-state index in [4.69, 9.17) is 4.74 Å². The summed E-state index contributed by atoms with van der Waals surface area (Å²) >= 11 is 3.33. The van der Waals surface area contributed by atoms with Gasteiger partial charge in [-0.3, -0.25) is 9.59 Å². The van der Waals surface area contributed by atoms with Gasteiger partial charge in [0, 0.05) is 16.6 Å². The lowest BCUT2D eigenvalue weighted by Crippen LogP contribution is -2.25. The number of hydrogen-bond acceptors (Lipinski definition) is 3. The Morgan fingerprint density at radius 3 is 2.43 bits per heavy atom. The normalized spacial score (nSPS) is 17.5. The number of halogens is 1. The molecule has 0 spiro atoms. The van der Waals surface area contributed by atoms with Gasteiger partial charge in [-0.05, 0) is 61.3 Å². The van der Waals surface area contributed by atoms with Crippen LogP contribution in [0.1, 0.15) is 46.0 Å². The minimum Gasteiger partial charge on any atom is -0.456 e. The number of esters is 1. The molecule has 5 heteroatoms. The van der Waals surface area contributed by atoms with Crippen LogP contribution in [-0.4, -0.2) is 18.5 Å². The molecule has 2 rings (SSSR count). The Balaban J connectivity index is 1.68. The monoisotopic (exact) mass is 381 g/mol. The first-order valence-electron chi connectivity index (χ1n) is 8.05. The third kappa shape index (κ3) is 6.34. The number of hydrogen-bond donors (Lipinski definition) is 1.